The summed E-state index contributed by atoms with van der Waals surface area (Å²) in [7, 11) is 0. The number of H-pyrrole nitrogens is 1. The van der Waals surface area contributed by atoms with E-state index in [1.54, 1.807) is 35.6 Å². The predicted octanol–water partition coefficient (Wildman–Crippen LogP) is 4.87. The Kier molecular flexibility index (Phi) is 5.79. The average molecular weight is 429 g/mol. The van der Waals surface area contributed by atoms with Gasteiger partial charge in [-0.1, -0.05) is 18.7 Å². The Morgan fingerprint density at radius 2 is 2.10 bits per heavy atom. The number of aromatic amines is 1. The second kappa shape index (κ2) is 8.32. The molecule has 0 amide bonds. The maximum absolute atomic E-state index is 12.7. The molecule has 1 unspecified atom stereocenters. The van der Waals surface area contributed by atoms with Crippen LogP contribution in [0.1, 0.15) is 48.0 Å². The molecule has 29 heavy (non-hydrogen) atoms. The highest BCUT2D eigenvalue weighted by Crippen LogP contribution is 2.36. The molecule has 0 saturated heterocycles. The van der Waals surface area contributed by atoms with Crippen molar-refractivity contribution < 1.29 is 9.53 Å². The van der Waals surface area contributed by atoms with E-state index in [1.807, 2.05) is 13.8 Å². The van der Waals surface area contributed by atoms with Crippen LogP contribution in [0.4, 0.5) is 0 Å². The van der Waals surface area contributed by atoms with Crippen LogP contribution in [0.2, 0.25) is 0 Å². The SMILES string of the molecule is CC1CCc2c(sc3nc(SCC(=O)c4ccc(OC(C)C)cc4)[nH]c(=O)c23)C1. The summed E-state index contributed by atoms with van der Waals surface area (Å²) in [5, 5.41) is 1.25. The van der Waals surface area contributed by atoms with Gasteiger partial charge in [0.25, 0.3) is 5.56 Å². The van der Waals surface area contributed by atoms with Crippen molar-refractivity contribution in [3.63, 3.8) is 0 Å². The summed E-state index contributed by atoms with van der Waals surface area (Å²) < 4.78 is 5.61. The third kappa shape index (κ3) is 4.41. The Labute approximate surface area is 177 Å². The molecule has 152 valence electrons. The molecule has 0 bridgehead atoms. The van der Waals surface area contributed by atoms with Gasteiger partial charge in [-0.2, -0.15) is 0 Å². The van der Waals surface area contributed by atoms with Crippen molar-refractivity contribution in [2.75, 3.05) is 5.75 Å². The van der Waals surface area contributed by atoms with Crippen LogP contribution in [0.3, 0.4) is 0 Å². The predicted molar refractivity (Wildman–Crippen MR) is 119 cm³/mol. The molecule has 0 aliphatic heterocycles. The Bertz CT molecular complexity index is 1100. The average Bonchev–Trinajstić information content (AvgIpc) is 3.04. The summed E-state index contributed by atoms with van der Waals surface area (Å²) in [4.78, 5) is 34.7. The van der Waals surface area contributed by atoms with Crippen LogP contribution < -0.4 is 10.3 Å². The standard InChI is InChI=1S/C22H24N2O3S2/c1-12(2)27-15-7-5-14(6-8-15)17(25)11-28-22-23-20(26)19-16-9-4-13(3)10-18(16)29-21(19)24-22/h5-8,12-13H,4,9-11H2,1-3H3,(H,23,24,26). The number of thioether (sulfide) groups is 1. The number of hydrogen-bond donors (Lipinski definition) is 1. The Morgan fingerprint density at radius 3 is 2.83 bits per heavy atom. The monoisotopic (exact) mass is 428 g/mol. The number of benzene rings is 1. The van der Waals surface area contributed by atoms with E-state index in [0.717, 1.165) is 35.2 Å². The van der Waals surface area contributed by atoms with Crippen molar-refractivity contribution in [3.05, 3.63) is 50.6 Å². The van der Waals surface area contributed by atoms with Gasteiger partial charge in [-0.25, -0.2) is 4.98 Å². The maximum atomic E-state index is 12.7. The molecule has 0 spiro atoms. The van der Waals surface area contributed by atoms with E-state index >= 15 is 0 Å². The van der Waals surface area contributed by atoms with Gasteiger partial charge in [0, 0.05) is 10.4 Å². The highest BCUT2D eigenvalue weighted by Gasteiger charge is 2.23. The number of ether oxygens (including phenoxy) is 1. The second-order valence-corrected chi connectivity index (χ2v) is 9.85. The molecule has 5 nitrogen and oxygen atoms in total. The van der Waals surface area contributed by atoms with Gasteiger partial charge in [0.1, 0.15) is 10.6 Å². The van der Waals surface area contributed by atoms with Crippen molar-refractivity contribution in [3.8, 4) is 5.75 Å². The summed E-state index contributed by atoms with van der Waals surface area (Å²) in [6.45, 7) is 6.18. The first-order valence-corrected chi connectivity index (χ1v) is 11.7. The summed E-state index contributed by atoms with van der Waals surface area (Å²) in [6.07, 6.45) is 3.18. The van der Waals surface area contributed by atoms with Crippen LogP contribution in [-0.2, 0) is 12.8 Å². The zero-order valence-corrected chi connectivity index (χ0v) is 18.4. The van der Waals surface area contributed by atoms with Crippen LogP contribution in [-0.4, -0.2) is 27.6 Å². The van der Waals surface area contributed by atoms with Crippen molar-refractivity contribution in [2.24, 2.45) is 5.92 Å². The lowest BCUT2D eigenvalue weighted by Crippen LogP contribution is -2.14. The Morgan fingerprint density at radius 1 is 1.34 bits per heavy atom. The van der Waals surface area contributed by atoms with E-state index in [0.29, 0.717) is 16.6 Å². The van der Waals surface area contributed by atoms with Gasteiger partial charge >= 0.3 is 0 Å². The number of rotatable bonds is 6. The molecule has 0 fully saturated rings. The first-order chi connectivity index (χ1) is 13.9. The molecule has 1 N–H and O–H groups in total. The topological polar surface area (TPSA) is 72.0 Å². The number of fused-ring (bicyclic) bond motifs is 3. The van der Waals surface area contributed by atoms with Gasteiger partial charge in [0.15, 0.2) is 10.9 Å². The maximum Gasteiger partial charge on any atom is 0.260 e. The zero-order chi connectivity index (χ0) is 20.5. The minimum atomic E-state index is -0.0906. The number of carbonyl (C=O) groups is 1. The van der Waals surface area contributed by atoms with Crippen molar-refractivity contribution in [1.82, 2.24) is 9.97 Å². The minimum Gasteiger partial charge on any atom is -0.491 e. The molecule has 4 rings (SSSR count). The molecule has 7 heteroatoms. The molecule has 0 saturated carbocycles. The third-order valence-corrected chi connectivity index (χ3v) is 7.05. The third-order valence-electron chi connectivity index (χ3n) is 5.03. The van der Waals surface area contributed by atoms with Crippen LogP contribution >= 0.6 is 23.1 Å². The molecular formula is C22H24N2O3S2. The quantitative estimate of drug-likeness (QED) is 0.344. The second-order valence-electron chi connectivity index (χ2n) is 7.81. The Balaban J connectivity index is 1.48. The first kappa shape index (κ1) is 20.2. The smallest absolute Gasteiger partial charge is 0.260 e. The number of thiophene rings is 1. The number of hydrogen-bond acceptors (Lipinski definition) is 6. The van der Waals surface area contributed by atoms with Gasteiger partial charge in [-0.05, 0) is 68.9 Å². The van der Waals surface area contributed by atoms with E-state index in [1.165, 1.54) is 22.2 Å². The van der Waals surface area contributed by atoms with Crippen LogP contribution in [0, 0.1) is 5.92 Å². The number of ketones is 1. The summed E-state index contributed by atoms with van der Waals surface area (Å²) in [5.41, 5.74) is 1.71. The number of nitrogens with zero attached hydrogens (tertiary/aromatic N) is 1. The fraction of sp³-hybridized carbons (Fsp3) is 0.409. The summed E-state index contributed by atoms with van der Waals surface area (Å²) in [5.74, 6) is 1.62. The number of Topliss-reactive ketones (excluding diaryl/α,β-unsaturated/α-hetero) is 1. The van der Waals surface area contributed by atoms with Gasteiger partial charge in [0.05, 0.1) is 17.2 Å². The molecule has 2 aromatic heterocycles. The van der Waals surface area contributed by atoms with Gasteiger partial charge in [0.2, 0.25) is 0 Å². The van der Waals surface area contributed by atoms with E-state index < -0.39 is 0 Å². The van der Waals surface area contributed by atoms with E-state index in [2.05, 4.69) is 16.9 Å². The minimum absolute atomic E-state index is 0.00635. The molecule has 3 aromatic rings. The lowest BCUT2D eigenvalue weighted by molar-refractivity contribution is 0.102. The number of nitrogens with one attached hydrogen (secondary N) is 1. The van der Waals surface area contributed by atoms with E-state index in [-0.39, 0.29) is 23.2 Å². The van der Waals surface area contributed by atoms with Gasteiger partial charge in [-0.15, -0.1) is 11.3 Å². The molecular weight excluding hydrogens is 404 g/mol. The largest absolute Gasteiger partial charge is 0.491 e. The highest BCUT2D eigenvalue weighted by molar-refractivity contribution is 7.99. The number of carbonyl (C=O) groups excluding carboxylic acids is 1. The lowest BCUT2D eigenvalue weighted by Gasteiger charge is -2.17. The highest BCUT2D eigenvalue weighted by atomic mass is 32.2. The van der Waals surface area contributed by atoms with Crippen LogP contribution in [0.5, 0.6) is 5.75 Å². The van der Waals surface area contributed by atoms with Gasteiger partial charge < -0.3 is 9.72 Å². The van der Waals surface area contributed by atoms with Crippen molar-refractivity contribution >= 4 is 39.1 Å². The molecule has 2 heterocycles. The first-order valence-electron chi connectivity index (χ1n) is 9.88. The molecule has 1 aromatic carbocycles. The van der Waals surface area contributed by atoms with E-state index in [9.17, 15) is 9.59 Å². The summed E-state index contributed by atoms with van der Waals surface area (Å²) >= 11 is 2.90. The fourth-order valence-corrected chi connectivity index (χ4v) is 5.80. The fourth-order valence-electron chi connectivity index (χ4n) is 3.61. The van der Waals surface area contributed by atoms with Gasteiger partial charge in [-0.3, -0.25) is 9.59 Å². The van der Waals surface area contributed by atoms with Crippen LogP contribution in [0.25, 0.3) is 10.2 Å². The lowest BCUT2D eigenvalue weighted by atomic mass is 9.89. The number of aryl methyl sites for hydroxylation is 1. The molecule has 1 aliphatic carbocycles. The molecule has 0 radical (unpaired) electrons. The van der Waals surface area contributed by atoms with Crippen molar-refractivity contribution in [2.45, 2.75) is 51.3 Å². The normalized spacial score (nSPS) is 16.2. The van der Waals surface area contributed by atoms with E-state index in [4.69, 9.17) is 4.74 Å². The van der Waals surface area contributed by atoms with Crippen LogP contribution in [0.15, 0.2) is 34.2 Å². The van der Waals surface area contributed by atoms with Crippen molar-refractivity contribution in [1.29, 1.82) is 0 Å². The molecule has 1 atom stereocenters. The molecule has 1 aliphatic rings. The summed E-state index contributed by atoms with van der Waals surface area (Å²) in [6, 6.07) is 7.16. The Hall–Kier alpha value is -2.12. The number of aromatic nitrogens is 2. The zero-order valence-electron chi connectivity index (χ0n) is 16.8.